The van der Waals surface area contributed by atoms with Gasteiger partial charge in [-0.3, -0.25) is 4.79 Å². The molecule has 23 heavy (non-hydrogen) atoms. The van der Waals surface area contributed by atoms with Crippen LogP contribution < -0.4 is 10.1 Å². The van der Waals surface area contributed by atoms with Crippen molar-refractivity contribution in [1.82, 2.24) is 5.32 Å². The van der Waals surface area contributed by atoms with Crippen molar-refractivity contribution in [3.8, 4) is 5.75 Å². The maximum absolute atomic E-state index is 13.4. The zero-order valence-electron chi connectivity index (χ0n) is 12.5. The first-order valence-electron chi connectivity index (χ1n) is 6.91. The summed E-state index contributed by atoms with van der Waals surface area (Å²) in [5.41, 5.74) is 0.798. The number of carbonyl (C=O) groups is 2. The summed E-state index contributed by atoms with van der Waals surface area (Å²) in [6, 6.07) is 12.4. The summed E-state index contributed by atoms with van der Waals surface area (Å²) in [5.74, 6) is -0.740. The number of hydrogen-bond donors (Lipinski definition) is 1. The number of halogens is 1. The Morgan fingerprint density at radius 2 is 1.78 bits per heavy atom. The predicted molar refractivity (Wildman–Crippen MR) is 81.5 cm³/mol. The highest BCUT2D eigenvalue weighted by Crippen LogP contribution is 2.12. The molecule has 120 valence electrons. The van der Waals surface area contributed by atoms with Gasteiger partial charge in [0.05, 0.1) is 12.7 Å². The molecule has 0 aromatic heterocycles. The van der Waals surface area contributed by atoms with E-state index < -0.39 is 5.97 Å². The van der Waals surface area contributed by atoms with Crippen molar-refractivity contribution in [2.75, 3.05) is 13.7 Å². The second kappa shape index (κ2) is 7.93. The Hall–Kier alpha value is -2.89. The van der Waals surface area contributed by atoms with Crippen molar-refractivity contribution >= 4 is 11.9 Å². The van der Waals surface area contributed by atoms with E-state index in [1.54, 1.807) is 42.5 Å². The molecule has 0 saturated carbocycles. The van der Waals surface area contributed by atoms with Gasteiger partial charge in [-0.2, -0.15) is 0 Å². The van der Waals surface area contributed by atoms with Crippen molar-refractivity contribution in [2.45, 2.75) is 6.54 Å². The summed E-state index contributed by atoms with van der Waals surface area (Å²) in [5, 5.41) is 2.57. The lowest BCUT2D eigenvalue weighted by molar-refractivity contribution is -0.123. The molecule has 0 atom stereocenters. The fraction of sp³-hybridized carbons (Fsp3) is 0.176. The highest BCUT2D eigenvalue weighted by Gasteiger charge is 2.07. The van der Waals surface area contributed by atoms with Gasteiger partial charge in [-0.15, -0.1) is 0 Å². The van der Waals surface area contributed by atoms with Crippen LogP contribution in [0.25, 0.3) is 0 Å². The van der Waals surface area contributed by atoms with Crippen LogP contribution in [0, 0.1) is 5.82 Å². The average Bonchev–Trinajstić information content (AvgIpc) is 2.59. The first kappa shape index (κ1) is 16.5. The second-order valence-electron chi connectivity index (χ2n) is 4.67. The molecule has 0 unspecified atom stereocenters. The molecule has 0 aliphatic heterocycles. The number of benzene rings is 2. The molecule has 2 aromatic rings. The van der Waals surface area contributed by atoms with Crippen molar-refractivity contribution in [1.29, 1.82) is 0 Å². The molecule has 0 aliphatic carbocycles. The molecule has 0 fully saturated rings. The molecular weight excluding hydrogens is 301 g/mol. The summed E-state index contributed by atoms with van der Waals surface area (Å²) in [7, 11) is 1.30. The van der Waals surface area contributed by atoms with Crippen LogP contribution in [-0.4, -0.2) is 25.6 Å². The molecule has 0 aliphatic rings. The second-order valence-corrected chi connectivity index (χ2v) is 4.67. The summed E-state index contributed by atoms with van der Waals surface area (Å²) in [4.78, 5) is 23.0. The number of hydrogen-bond acceptors (Lipinski definition) is 4. The Kier molecular flexibility index (Phi) is 5.68. The van der Waals surface area contributed by atoms with Crippen LogP contribution in [-0.2, 0) is 16.1 Å². The SMILES string of the molecule is COC(=O)c1ccc(OCC(=O)NCc2ccccc2F)cc1. The summed E-state index contributed by atoms with van der Waals surface area (Å²) >= 11 is 0. The van der Waals surface area contributed by atoms with E-state index in [2.05, 4.69) is 10.1 Å². The van der Waals surface area contributed by atoms with Gasteiger partial charge in [0, 0.05) is 12.1 Å². The standard InChI is InChI=1S/C17H16FNO4/c1-22-17(21)12-6-8-14(9-7-12)23-11-16(20)19-10-13-4-2-3-5-15(13)18/h2-9H,10-11H2,1H3,(H,19,20). The van der Waals surface area contributed by atoms with Crippen LogP contribution in [0.4, 0.5) is 4.39 Å². The lowest BCUT2D eigenvalue weighted by Crippen LogP contribution is -2.28. The highest BCUT2D eigenvalue weighted by atomic mass is 19.1. The van der Waals surface area contributed by atoms with Gasteiger partial charge >= 0.3 is 5.97 Å². The van der Waals surface area contributed by atoms with Gasteiger partial charge in [0.1, 0.15) is 11.6 Å². The molecule has 0 spiro atoms. The third-order valence-corrected chi connectivity index (χ3v) is 3.08. The quantitative estimate of drug-likeness (QED) is 0.830. The molecule has 2 aromatic carbocycles. The van der Waals surface area contributed by atoms with Crippen molar-refractivity contribution < 1.29 is 23.5 Å². The van der Waals surface area contributed by atoms with E-state index in [-0.39, 0.29) is 24.9 Å². The van der Waals surface area contributed by atoms with Crippen LogP contribution in [0.2, 0.25) is 0 Å². The van der Waals surface area contributed by atoms with Gasteiger partial charge in [0.25, 0.3) is 5.91 Å². The van der Waals surface area contributed by atoms with Crippen molar-refractivity contribution in [3.63, 3.8) is 0 Å². The summed E-state index contributed by atoms with van der Waals surface area (Å²) in [6.45, 7) is -0.109. The number of nitrogens with one attached hydrogen (secondary N) is 1. The fourth-order valence-corrected chi connectivity index (χ4v) is 1.84. The number of amides is 1. The van der Waals surface area contributed by atoms with Crippen molar-refractivity contribution in [2.24, 2.45) is 0 Å². The number of ether oxygens (including phenoxy) is 2. The minimum absolute atomic E-state index is 0.0934. The smallest absolute Gasteiger partial charge is 0.337 e. The summed E-state index contributed by atoms with van der Waals surface area (Å²) in [6.07, 6.45) is 0. The molecule has 0 bridgehead atoms. The van der Waals surface area contributed by atoms with Crippen LogP contribution in [0.3, 0.4) is 0 Å². The van der Waals surface area contributed by atoms with E-state index in [0.29, 0.717) is 16.9 Å². The zero-order valence-corrected chi connectivity index (χ0v) is 12.5. The van der Waals surface area contributed by atoms with Gasteiger partial charge < -0.3 is 14.8 Å². The molecule has 0 saturated heterocycles. The molecule has 0 radical (unpaired) electrons. The first-order chi connectivity index (χ1) is 11.1. The third kappa shape index (κ3) is 4.81. The van der Waals surface area contributed by atoms with Crippen LogP contribution >= 0.6 is 0 Å². The predicted octanol–water partition coefficient (Wildman–Crippen LogP) is 2.31. The van der Waals surface area contributed by atoms with E-state index in [4.69, 9.17) is 4.74 Å². The number of methoxy groups -OCH3 is 1. The zero-order chi connectivity index (χ0) is 16.7. The van der Waals surface area contributed by atoms with E-state index >= 15 is 0 Å². The molecule has 2 rings (SSSR count). The topological polar surface area (TPSA) is 64.6 Å². The Bertz CT molecular complexity index is 685. The van der Waals surface area contributed by atoms with Crippen LogP contribution in [0.1, 0.15) is 15.9 Å². The Labute approximate surface area is 133 Å². The van der Waals surface area contributed by atoms with Crippen LogP contribution in [0.5, 0.6) is 5.75 Å². The Morgan fingerprint density at radius 3 is 2.43 bits per heavy atom. The molecule has 0 heterocycles. The van der Waals surface area contributed by atoms with Crippen LogP contribution in [0.15, 0.2) is 48.5 Å². The van der Waals surface area contributed by atoms with E-state index in [9.17, 15) is 14.0 Å². The maximum Gasteiger partial charge on any atom is 0.337 e. The minimum Gasteiger partial charge on any atom is -0.484 e. The Morgan fingerprint density at radius 1 is 1.09 bits per heavy atom. The largest absolute Gasteiger partial charge is 0.484 e. The summed E-state index contributed by atoms with van der Waals surface area (Å²) < 4.78 is 23.3. The minimum atomic E-state index is -0.445. The lowest BCUT2D eigenvalue weighted by atomic mass is 10.2. The third-order valence-electron chi connectivity index (χ3n) is 3.08. The molecule has 5 nitrogen and oxygen atoms in total. The monoisotopic (exact) mass is 317 g/mol. The number of rotatable bonds is 6. The average molecular weight is 317 g/mol. The van der Waals surface area contributed by atoms with Gasteiger partial charge in [-0.1, -0.05) is 18.2 Å². The molecule has 6 heteroatoms. The van der Waals surface area contributed by atoms with Gasteiger partial charge in [0.2, 0.25) is 0 Å². The molecule has 1 amide bonds. The fourth-order valence-electron chi connectivity index (χ4n) is 1.84. The lowest BCUT2D eigenvalue weighted by Gasteiger charge is -2.08. The molecular formula is C17H16FNO4. The Balaban J connectivity index is 1.80. The van der Waals surface area contributed by atoms with Gasteiger partial charge in [-0.05, 0) is 30.3 Å². The normalized spacial score (nSPS) is 10.0. The van der Waals surface area contributed by atoms with E-state index in [1.165, 1.54) is 13.2 Å². The number of carbonyl (C=O) groups excluding carboxylic acids is 2. The molecule has 1 N–H and O–H groups in total. The van der Waals surface area contributed by atoms with E-state index in [0.717, 1.165) is 0 Å². The highest BCUT2D eigenvalue weighted by molar-refractivity contribution is 5.89. The van der Waals surface area contributed by atoms with Gasteiger partial charge in [0.15, 0.2) is 6.61 Å². The first-order valence-corrected chi connectivity index (χ1v) is 6.91. The van der Waals surface area contributed by atoms with E-state index in [1.807, 2.05) is 0 Å². The number of esters is 1. The van der Waals surface area contributed by atoms with Gasteiger partial charge in [-0.25, -0.2) is 9.18 Å². The maximum atomic E-state index is 13.4. The van der Waals surface area contributed by atoms with Crippen molar-refractivity contribution in [3.05, 3.63) is 65.5 Å².